The van der Waals surface area contributed by atoms with Gasteiger partial charge >= 0.3 is 0 Å². The normalized spacial score (nSPS) is 10.7. The van der Waals surface area contributed by atoms with Crippen LogP contribution < -0.4 is 0 Å². The second-order valence-electron chi connectivity index (χ2n) is 3.28. The summed E-state index contributed by atoms with van der Waals surface area (Å²) in [7, 11) is 0. The van der Waals surface area contributed by atoms with Crippen molar-refractivity contribution in [3.8, 4) is 0 Å². The van der Waals surface area contributed by atoms with Crippen LogP contribution in [0.2, 0.25) is 0 Å². The molecule has 1 aromatic rings. The fourth-order valence-electron chi connectivity index (χ4n) is 1.13. The largest absolute Gasteiger partial charge is 0.377 e. The van der Waals surface area contributed by atoms with Crippen molar-refractivity contribution in [2.45, 2.75) is 26.4 Å². The maximum Gasteiger partial charge on any atom is 0.194 e. The van der Waals surface area contributed by atoms with Gasteiger partial charge in [0.25, 0.3) is 0 Å². The van der Waals surface area contributed by atoms with Crippen LogP contribution in [0.4, 0.5) is 13.2 Å². The molecule has 0 saturated heterocycles. The van der Waals surface area contributed by atoms with E-state index in [-0.39, 0.29) is 6.61 Å². The lowest BCUT2D eigenvalue weighted by atomic mass is 10.2. The van der Waals surface area contributed by atoms with Crippen molar-refractivity contribution in [2.75, 3.05) is 6.61 Å². The molecule has 0 aliphatic rings. The average Bonchev–Trinajstić information content (AvgIpc) is 2.21. The summed E-state index contributed by atoms with van der Waals surface area (Å²) in [5.41, 5.74) is 0.308. The molecule has 0 amide bonds. The van der Waals surface area contributed by atoms with E-state index in [0.717, 1.165) is 25.0 Å². The zero-order valence-electron chi connectivity index (χ0n) is 8.53. The summed E-state index contributed by atoms with van der Waals surface area (Å²) in [6.07, 6.45) is 1.89. The molecule has 0 aliphatic carbocycles. The van der Waals surface area contributed by atoms with Gasteiger partial charge in [0, 0.05) is 6.61 Å². The number of unbranched alkanes of at least 4 members (excludes halogenated alkanes) is 1. The van der Waals surface area contributed by atoms with E-state index in [1.54, 1.807) is 0 Å². The minimum Gasteiger partial charge on any atom is -0.377 e. The Morgan fingerprint density at radius 2 is 1.73 bits per heavy atom. The molecule has 4 heteroatoms. The molecule has 0 aromatic heterocycles. The molecule has 0 radical (unpaired) electrons. The van der Waals surface area contributed by atoms with Crippen LogP contribution in [0.15, 0.2) is 12.1 Å². The van der Waals surface area contributed by atoms with Crippen molar-refractivity contribution in [2.24, 2.45) is 0 Å². The molecule has 0 saturated carbocycles. The highest BCUT2D eigenvalue weighted by atomic mass is 19.2. The fraction of sp³-hybridized carbons (Fsp3) is 0.455. The van der Waals surface area contributed by atoms with Crippen molar-refractivity contribution in [3.63, 3.8) is 0 Å². The Hall–Kier alpha value is -1.03. The topological polar surface area (TPSA) is 9.23 Å². The first-order chi connectivity index (χ1) is 7.15. The highest BCUT2D eigenvalue weighted by Gasteiger charge is 2.10. The standard InChI is InChI=1S/C11H13F3O/c1-2-3-4-15-7-8-5-9(12)11(14)10(13)6-8/h5-6H,2-4,7H2,1H3. The van der Waals surface area contributed by atoms with Crippen LogP contribution in [0.3, 0.4) is 0 Å². The van der Waals surface area contributed by atoms with Gasteiger partial charge in [0.05, 0.1) is 6.61 Å². The minimum absolute atomic E-state index is 0.105. The zero-order chi connectivity index (χ0) is 11.3. The molecule has 0 spiro atoms. The van der Waals surface area contributed by atoms with Gasteiger partial charge in [0.2, 0.25) is 0 Å². The first-order valence-corrected chi connectivity index (χ1v) is 4.86. The molecule has 0 N–H and O–H groups in total. The van der Waals surface area contributed by atoms with E-state index in [1.807, 2.05) is 6.92 Å². The predicted octanol–water partition coefficient (Wildman–Crippen LogP) is 3.42. The summed E-state index contributed by atoms with van der Waals surface area (Å²) in [5.74, 6) is -3.79. The predicted molar refractivity (Wildman–Crippen MR) is 50.9 cm³/mol. The summed E-state index contributed by atoms with van der Waals surface area (Å²) < 4.78 is 43.2. The van der Waals surface area contributed by atoms with Crippen LogP contribution in [-0.4, -0.2) is 6.61 Å². The molecular formula is C11H13F3O. The third kappa shape index (κ3) is 3.55. The van der Waals surface area contributed by atoms with Crippen LogP contribution in [0.1, 0.15) is 25.3 Å². The van der Waals surface area contributed by atoms with E-state index < -0.39 is 17.5 Å². The van der Waals surface area contributed by atoms with Crippen LogP contribution in [-0.2, 0) is 11.3 Å². The maximum atomic E-state index is 12.7. The van der Waals surface area contributed by atoms with Gasteiger partial charge in [0.1, 0.15) is 0 Å². The monoisotopic (exact) mass is 218 g/mol. The number of hydrogen-bond donors (Lipinski definition) is 0. The number of halogens is 3. The molecule has 0 aliphatic heterocycles. The van der Waals surface area contributed by atoms with E-state index in [0.29, 0.717) is 12.2 Å². The van der Waals surface area contributed by atoms with Crippen molar-refractivity contribution in [3.05, 3.63) is 35.1 Å². The lowest BCUT2D eigenvalue weighted by Crippen LogP contribution is -1.99. The molecule has 0 heterocycles. The second-order valence-corrected chi connectivity index (χ2v) is 3.28. The van der Waals surface area contributed by atoms with Crippen LogP contribution in [0.5, 0.6) is 0 Å². The summed E-state index contributed by atoms with van der Waals surface area (Å²) in [6, 6.07) is 1.90. The minimum atomic E-state index is -1.44. The Bertz CT molecular complexity index is 303. The molecule has 0 unspecified atom stereocenters. The quantitative estimate of drug-likeness (QED) is 0.543. The molecule has 0 atom stereocenters. The van der Waals surface area contributed by atoms with E-state index in [4.69, 9.17) is 4.74 Å². The Balaban J connectivity index is 2.55. The van der Waals surface area contributed by atoms with Crippen LogP contribution in [0, 0.1) is 17.5 Å². The lowest BCUT2D eigenvalue weighted by Gasteiger charge is -2.04. The summed E-state index contributed by atoms with van der Waals surface area (Å²) >= 11 is 0. The van der Waals surface area contributed by atoms with Crippen LogP contribution >= 0.6 is 0 Å². The molecule has 0 fully saturated rings. The maximum absolute atomic E-state index is 12.7. The fourth-order valence-corrected chi connectivity index (χ4v) is 1.13. The van der Waals surface area contributed by atoms with Gasteiger partial charge in [-0.05, 0) is 24.1 Å². The highest BCUT2D eigenvalue weighted by Crippen LogP contribution is 2.14. The van der Waals surface area contributed by atoms with E-state index in [1.165, 1.54) is 0 Å². The van der Waals surface area contributed by atoms with Gasteiger partial charge in [0.15, 0.2) is 17.5 Å². The number of rotatable bonds is 5. The van der Waals surface area contributed by atoms with Crippen LogP contribution in [0.25, 0.3) is 0 Å². The highest BCUT2D eigenvalue weighted by molar-refractivity contribution is 5.18. The first-order valence-electron chi connectivity index (χ1n) is 4.86. The number of hydrogen-bond acceptors (Lipinski definition) is 1. The summed E-state index contributed by atoms with van der Waals surface area (Å²) in [4.78, 5) is 0. The van der Waals surface area contributed by atoms with E-state index in [9.17, 15) is 13.2 Å². The van der Waals surface area contributed by atoms with Gasteiger partial charge in [-0.15, -0.1) is 0 Å². The molecule has 1 rings (SSSR count). The van der Waals surface area contributed by atoms with Gasteiger partial charge in [-0.2, -0.15) is 0 Å². The summed E-state index contributed by atoms with van der Waals surface area (Å²) in [6.45, 7) is 2.66. The molecular weight excluding hydrogens is 205 g/mol. The first kappa shape index (κ1) is 12.0. The van der Waals surface area contributed by atoms with E-state index >= 15 is 0 Å². The third-order valence-corrected chi connectivity index (χ3v) is 1.95. The molecule has 84 valence electrons. The van der Waals surface area contributed by atoms with E-state index in [2.05, 4.69) is 0 Å². The van der Waals surface area contributed by atoms with Crippen molar-refractivity contribution >= 4 is 0 Å². The van der Waals surface area contributed by atoms with Gasteiger partial charge in [-0.1, -0.05) is 13.3 Å². The lowest BCUT2D eigenvalue weighted by molar-refractivity contribution is 0.117. The smallest absolute Gasteiger partial charge is 0.194 e. The SMILES string of the molecule is CCCCOCc1cc(F)c(F)c(F)c1. The molecule has 1 aromatic carbocycles. The van der Waals surface area contributed by atoms with Crippen molar-refractivity contribution in [1.82, 2.24) is 0 Å². The second kappa shape index (κ2) is 5.75. The molecule has 15 heavy (non-hydrogen) atoms. The Morgan fingerprint density at radius 1 is 1.13 bits per heavy atom. The average molecular weight is 218 g/mol. The van der Waals surface area contributed by atoms with Gasteiger partial charge in [-0.3, -0.25) is 0 Å². The van der Waals surface area contributed by atoms with Crippen molar-refractivity contribution < 1.29 is 17.9 Å². The number of ether oxygens (including phenoxy) is 1. The number of benzene rings is 1. The van der Waals surface area contributed by atoms with Gasteiger partial charge < -0.3 is 4.74 Å². The zero-order valence-corrected chi connectivity index (χ0v) is 8.53. The Kier molecular flexibility index (Phi) is 4.62. The molecule has 1 nitrogen and oxygen atoms in total. The third-order valence-electron chi connectivity index (χ3n) is 1.95. The summed E-state index contributed by atoms with van der Waals surface area (Å²) in [5, 5.41) is 0. The van der Waals surface area contributed by atoms with Gasteiger partial charge in [-0.25, -0.2) is 13.2 Å². The Labute approximate surface area is 86.9 Å². The molecule has 0 bridgehead atoms. The van der Waals surface area contributed by atoms with Crippen molar-refractivity contribution in [1.29, 1.82) is 0 Å². The Morgan fingerprint density at radius 3 is 2.27 bits per heavy atom.